The Bertz CT molecular complexity index is 772. The van der Waals surface area contributed by atoms with Crippen molar-refractivity contribution in [3.8, 4) is 11.1 Å². The standard InChI is InChI=1S/C22H25NO3/c1-16-5-7-17(8-6-16)18-9-11-19(12-10-18)21(26)23-22(15-20(24)25)13-3-2-4-14-22/h5-12H,2-4,13-15H2,1H3,(H,23,26)(H,24,25). The zero-order valence-corrected chi connectivity index (χ0v) is 15.1. The van der Waals surface area contributed by atoms with Gasteiger partial charge in [-0.3, -0.25) is 9.59 Å². The maximum absolute atomic E-state index is 12.7. The lowest BCUT2D eigenvalue weighted by atomic mass is 9.79. The topological polar surface area (TPSA) is 66.4 Å². The van der Waals surface area contributed by atoms with Crippen molar-refractivity contribution in [2.45, 2.75) is 51.0 Å². The van der Waals surface area contributed by atoms with Crippen molar-refractivity contribution in [1.82, 2.24) is 5.32 Å². The van der Waals surface area contributed by atoms with Gasteiger partial charge in [0, 0.05) is 5.56 Å². The Labute approximate surface area is 154 Å². The number of carboxylic acid groups (broad SMARTS) is 1. The third-order valence-corrected chi connectivity index (χ3v) is 5.21. The second kappa shape index (κ2) is 7.73. The number of benzene rings is 2. The van der Waals surface area contributed by atoms with Gasteiger partial charge in [0.15, 0.2) is 0 Å². The highest BCUT2D eigenvalue weighted by molar-refractivity contribution is 5.95. The molecule has 0 bridgehead atoms. The second-order valence-corrected chi connectivity index (χ2v) is 7.31. The van der Waals surface area contributed by atoms with Crippen LogP contribution in [0.4, 0.5) is 0 Å². The van der Waals surface area contributed by atoms with Crippen LogP contribution in [-0.2, 0) is 4.79 Å². The van der Waals surface area contributed by atoms with Crippen molar-refractivity contribution in [3.63, 3.8) is 0 Å². The molecule has 3 rings (SSSR count). The van der Waals surface area contributed by atoms with Gasteiger partial charge in [0.05, 0.1) is 12.0 Å². The molecule has 0 aromatic heterocycles. The molecule has 2 N–H and O–H groups in total. The fraction of sp³-hybridized carbons (Fsp3) is 0.364. The van der Waals surface area contributed by atoms with Crippen LogP contribution in [-0.4, -0.2) is 22.5 Å². The molecule has 2 aromatic rings. The van der Waals surface area contributed by atoms with Crippen molar-refractivity contribution in [2.75, 3.05) is 0 Å². The lowest BCUT2D eigenvalue weighted by Gasteiger charge is -2.37. The van der Waals surface area contributed by atoms with E-state index in [1.807, 2.05) is 24.3 Å². The van der Waals surface area contributed by atoms with E-state index in [2.05, 4.69) is 36.5 Å². The summed E-state index contributed by atoms with van der Waals surface area (Å²) in [6.07, 6.45) is 4.46. The van der Waals surface area contributed by atoms with E-state index < -0.39 is 11.5 Å². The van der Waals surface area contributed by atoms with Crippen LogP contribution in [0, 0.1) is 6.92 Å². The summed E-state index contributed by atoms with van der Waals surface area (Å²) >= 11 is 0. The quantitative estimate of drug-likeness (QED) is 0.829. The second-order valence-electron chi connectivity index (χ2n) is 7.31. The maximum Gasteiger partial charge on any atom is 0.305 e. The molecular weight excluding hydrogens is 326 g/mol. The summed E-state index contributed by atoms with van der Waals surface area (Å²) in [5.74, 6) is -1.05. The number of hydrogen-bond acceptors (Lipinski definition) is 2. The maximum atomic E-state index is 12.7. The summed E-state index contributed by atoms with van der Waals surface area (Å²) < 4.78 is 0. The highest BCUT2D eigenvalue weighted by Crippen LogP contribution is 2.31. The summed E-state index contributed by atoms with van der Waals surface area (Å²) in [4.78, 5) is 24.0. The van der Waals surface area contributed by atoms with Crippen molar-refractivity contribution >= 4 is 11.9 Å². The van der Waals surface area contributed by atoms with E-state index in [-0.39, 0.29) is 12.3 Å². The van der Waals surface area contributed by atoms with Crippen LogP contribution >= 0.6 is 0 Å². The summed E-state index contributed by atoms with van der Waals surface area (Å²) in [6.45, 7) is 2.05. The van der Waals surface area contributed by atoms with Crippen LogP contribution in [0.2, 0.25) is 0 Å². The summed E-state index contributed by atoms with van der Waals surface area (Å²) in [5.41, 5.74) is 3.32. The van der Waals surface area contributed by atoms with Crippen LogP contribution in [0.3, 0.4) is 0 Å². The number of aliphatic carboxylic acids is 1. The van der Waals surface area contributed by atoms with Crippen LogP contribution in [0.1, 0.15) is 54.4 Å². The van der Waals surface area contributed by atoms with Gasteiger partial charge in [0.25, 0.3) is 5.91 Å². The van der Waals surface area contributed by atoms with Gasteiger partial charge in [-0.2, -0.15) is 0 Å². The van der Waals surface area contributed by atoms with Crippen molar-refractivity contribution in [1.29, 1.82) is 0 Å². The van der Waals surface area contributed by atoms with Crippen LogP contribution in [0.15, 0.2) is 48.5 Å². The molecule has 1 saturated carbocycles. The zero-order valence-electron chi connectivity index (χ0n) is 15.1. The Hall–Kier alpha value is -2.62. The van der Waals surface area contributed by atoms with Crippen LogP contribution in [0.5, 0.6) is 0 Å². The minimum atomic E-state index is -0.859. The van der Waals surface area contributed by atoms with Crippen molar-refractivity contribution < 1.29 is 14.7 Å². The lowest BCUT2D eigenvalue weighted by Crippen LogP contribution is -2.51. The van der Waals surface area contributed by atoms with Gasteiger partial charge in [-0.25, -0.2) is 0 Å². The number of carbonyl (C=O) groups is 2. The van der Waals surface area contributed by atoms with E-state index in [1.165, 1.54) is 5.56 Å². The molecule has 0 atom stereocenters. The molecule has 1 aliphatic rings. The average molecular weight is 351 g/mol. The van der Waals surface area contributed by atoms with E-state index in [1.54, 1.807) is 0 Å². The highest BCUT2D eigenvalue weighted by atomic mass is 16.4. The van der Waals surface area contributed by atoms with Gasteiger partial charge in [0.1, 0.15) is 0 Å². The minimum Gasteiger partial charge on any atom is -0.481 e. The van der Waals surface area contributed by atoms with Crippen LogP contribution < -0.4 is 5.32 Å². The van der Waals surface area contributed by atoms with E-state index in [0.717, 1.165) is 43.2 Å². The SMILES string of the molecule is Cc1ccc(-c2ccc(C(=O)NC3(CC(=O)O)CCCCC3)cc2)cc1. The molecule has 26 heavy (non-hydrogen) atoms. The lowest BCUT2D eigenvalue weighted by molar-refractivity contribution is -0.139. The molecule has 0 heterocycles. The first-order valence-corrected chi connectivity index (χ1v) is 9.19. The summed E-state index contributed by atoms with van der Waals surface area (Å²) in [5, 5.41) is 12.3. The molecule has 0 spiro atoms. The molecule has 0 unspecified atom stereocenters. The molecular formula is C22H25NO3. The Kier molecular flexibility index (Phi) is 5.40. The number of carbonyl (C=O) groups excluding carboxylic acids is 1. The predicted octanol–water partition coefficient (Wildman–Crippen LogP) is 4.57. The Morgan fingerprint density at radius 2 is 1.46 bits per heavy atom. The molecule has 4 nitrogen and oxygen atoms in total. The Morgan fingerprint density at radius 1 is 0.923 bits per heavy atom. The van der Waals surface area contributed by atoms with Gasteiger partial charge < -0.3 is 10.4 Å². The van der Waals surface area contributed by atoms with E-state index >= 15 is 0 Å². The largest absolute Gasteiger partial charge is 0.481 e. The fourth-order valence-corrected chi connectivity index (χ4v) is 3.74. The fourth-order valence-electron chi connectivity index (χ4n) is 3.74. The first-order chi connectivity index (χ1) is 12.5. The number of nitrogens with one attached hydrogen (secondary N) is 1. The first-order valence-electron chi connectivity index (χ1n) is 9.19. The first kappa shape index (κ1) is 18.2. The van der Waals surface area contributed by atoms with Gasteiger partial charge in [-0.05, 0) is 43.0 Å². The van der Waals surface area contributed by atoms with Crippen molar-refractivity contribution in [3.05, 3.63) is 59.7 Å². The number of hydrogen-bond donors (Lipinski definition) is 2. The number of aryl methyl sites for hydroxylation is 1. The molecule has 0 radical (unpaired) electrons. The molecule has 1 aliphatic carbocycles. The molecule has 0 aliphatic heterocycles. The third kappa shape index (κ3) is 4.31. The molecule has 0 saturated heterocycles. The molecule has 136 valence electrons. The molecule has 1 amide bonds. The Morgan fingerprint density at radius 3 is 2.00 bits per heavy atom. The monoisotopic (exact) mass is 351 g/mol. The van der Waals surface area contributed by atoms with E-state index in [0.29, 0.717) is 5.56 Å². The van der Waals surface area contributed by atoms with Crippen LogP contribution in [0.25, 0.3) is 11.1 Å². The normalized spacial score (nSPS) is 16.0. The number of amides is 1. The smallest absolute Gasteiger partial charge is 0.305 e. The molecule has 1 fully saturated rings. The van der Waals surface area contributed by atoms with Gasteiger partial charge in [0.2, 0.25) is 0 Å². The van der Waals surface area contributed by atoms with Gasteiger partial charge in [-0.1, -0.05) is 61.2 Å². The van der Waals surface area contributed by atoms with Gasteiger partial charge >= 0.3 is 5.97 Å². The number of carboxylic acids is 1. The average Bonchev–Trinajstić information content (AvgIpc) is 2.62. The summed E-state index contributed by atoms with van der Waals surface area (Å²) in [6, 6.07) is 15.7. The summed E-state index contributed by atoms with van der Waals surface area (Å²) in [7, 11) is 0. The minimum absolute atomic E-state index is 0.0137. The van der Waals surface area contributed by atoms with E-state index in [4.69, 9.17) is 0 Å². The predicted molar refractivity (Wildman–Crippen MR) is 102 cm³/mol. The number of rotatable bonds is 5. The highest BCUT2D eigenvalue weighted by Gasteiger charge is 2.36. The van der Waals surface area contributed by atoms with E-state index in [9.17, 15) is 14.7 Å². The molecule has 4 heteroatoms. The van der Waals surface area contributed by atoms with Crippen molar-refractivity contribution in [2.24, 2.45) is 0 Å². The van der Waals surface area contributed by atoms with Gasteiger partial charge in [-0.15, -0.1) is 0 Å². The third-order valence-electron chi connectivity index (χ3n) is 5.21. The zero-order chi connectivity index (χ0) is 18.6. The molecule has 2 aromatic carbocycles. The Balaban J connectivity index is 1.74.